The number of rotatable bonds is 2. The number of nitrogens with zero attached hydrogens (tertiary/aromatic N) is 2. The number of nitrogens with two attached hydrogens (primary N) is 1. The molecule has 4 rings (SSSR count). The molecule has 2 heterocycles. The molecule has 2 aromatic rings. The van der Waals surface area contributed by atoms with Crippen molar-refractivity contribution in [3.63, 3.8) is 0 Å². The van der Waals surface area contributed by atoms with Crippen LogP contribution in [0.2, 0.25) is 0 Å². The molecule has 0 bridgehead atoms. The van der Waals surface area contributed by atoms with E-state index in [4.69, 9.17) is 10.5 Å². The van der Waals surface area contributed by atoms with Crippen molar-refractivity contribution in [3.05, 3.63) is 65.2 Å². The number of benzene rings is 2. The van der Waals surface area contributed by atoms with Crippen LogP contribution in [0.3, 0.4) is 0 Å². The van der Waals surface area contributed by atoms with E-state index in [1.54, 1.807) is 0 Å². The van der Waals surface area contributed by atoms with Gasteiger partial charge in [0.1, 0.15) is 11.8 Å². The Morgan fingerprint density at radius 2 is 1.67 bits per heavy atom. The number of amides is 1. The van der Waals surface area contributed by atoms with Crippen LogP contribution < -0.4 is 5.73 Å². The molecule has 30 heavy (non-hydrogen) atoms. The SMILES string of the molecule is CC(C)(C)OC(=O)N1CCc2ccccc2C1N1CCC(c2ccc(N)cc2)CC1. The second-order valence-corrected chi connectivity index (χ2v) is 9.47. The molecule has 160 valence electrons. The lowest BCUT2D eigenvalue weighted by Crippen LogP contribution is -2.51. The first-order valence-corrected chi connectivity index (χ1v) is 11.0. The molecule has 5 heteroatoms. The number of carbonyl (C=O) groups is 1. The topological polar surface area (TPSA) is 58.8 Å². The van der Waals surface area contributed by atoms with Gasteiger partial charge in [-0.3, -0.25) is 9.80 Å². The maximum atomic E-state index is 13.1. The van der Waals surface area contributed by atoms with Crippen LogP contribution in [0.15, 0.2) is 48.5 Å². The van der Waals surface area contributed by atoms with E-state index in [1.807, 2.05) is 37.8 Å². The van der Waals surface area contributed by atoms with E-state index < -0.39 is 5.60 Å². The Balaban J connectivity index is 1.54. The van der Waals surface area contributed by atoms with Crippen LogP contribution in [0.25, 0.3) is 0 Å². The third kappa shape index (κ3) is 4.46. The van der Waals surface area contributed by atoms with E-state index in [0.717, 1.165) is 38.0 Å². The summed E-state index contributed by atoms with van der Waals surface area (Å²) in [4.78, 5) is 17.4. The van der Waals surface area contributed by atoms with Gasteiger partial charge in [0, 0.05) is 25.3 Å². The summed E-state index contributed by atoms with van der Waals surface area (Å²) in [6.45, 7) is 8.37. The van der Waals surface area contributed by atoms with Gasteiger partial charge in [0.05, 0.1) is 0 Å². The maximum absolute atomic E-state index is 13.1. The van der Waals surface area contributed by atoms with Crippen molar-refractivity contribution in [2.75, 3.05) is 25.4 Å². The zero-order chi connectivity index (χ0) is 21.3. The number of ether oxygens (including phenoxy) is 1. The summed E-state index contributed by atoms with van der Waals surface area (Å²) in [5.74, 6) is 0.538. The highest BCUT2D eigenvalue weighted by Gasteiger charge is 2.38. The van der Waals surface area contributed by atoms with Crippen LogP contribution in [-0.4, -0.2) is 41.1 Å². The average Bonchev–Trinajstić information content (AvgIpc) is 2.72. The predicted octanol–water partition coefficient (Wildman–Crippen LogP) is 4.94. The number of nitrogen functional groups attached to an aromatic ring is 1. The van der Waals surface area contributed by atoms with Crippen molar-refractivity contribution in [3.8, 4) is 0 Å². The normalized spacial score (nSPS) is 20.6. The number of fused-ring (bicyclic) bond motifs is 1. The van der Waals surface area contributed by atoms with Gasteiger partial charge in [-0.1, -0.05) is 36.4 Å². The average molecular weight is 408 g/mol. The summed E-state index contributed by atoms with van der Waals surface area (Å²) in [6.07, 6.45) is 2.74. The van der Waals surface area contributed by atoms with Gasteiger partial charge >= 0.3 is 6.09 Å². The molecule has 1 atom stereocenters. The summed E-state index contributed by atoms with van der Waals surface area (Å²) < 4.78 is 5.76. The van der Waals surface area contributed by atoms with Gasteiger partial charge in [0.25, 0.3) is 0 Å². The number of likely N-dealkylation sites (tertiary alicyclic amines) is 1. The molecule has 2 aromatic carbocycles. The highest BCUT2D eigenvalue weighted by atomic mass is 16.6. The predicted molar refractivity (Wildman–Crippen MR) is 120 cm³/mol. The van der Waals surface area contributed by atoms with Crippen molar-refractivity contribution >= 4 is 11.8 Å². The standard InChI is InChI=1S/C25H33N3O2/c1-25(2,3)30-24(29)28-17-14-20-6-4-5-7-22(20)23(28)27-15-12-19(13-16-27)18-8-10-21(26)11-9-18/h4-11,19,23H,12-17,26H2,1-3H3. The molecule has 1 saturated heterocycles. The van der Waals surface area contributed by atoms with E-state index in [9.17, 15) is 4.79 Å². The molecule has 0 aromatic heterocycles. The van der Waals surface area contributed by atoms with Gasteiger partial charge < -0.3 is 10.5 Å². The van der Waals surface area contributed by atoms with Crippen LogP contribution in [0.4, 0.5) is 10.5 Å². The monoisotopic (exact) mass is 407 g/mol. The van der Waals surface area contributed by atoms with Crippen molar-refractivity contribution in [1.82, 2.24) is 9.80 Å². The zero-order valence-electron chi connectivity index (χ0n) is 18.3. The largest absolute Gasteiger partial charge is 0.444 e. The lowest BCUT2D eigenvalue weighted by Gasteiger charge is -2.46. The summed E-state index contributed by atoms with van der Waals surface area (Å²) in [5.41, 5.74) is 10.1. The minimum absolute atomic E-state index is 0.0582. The first-order chi connectivity index (χ1) is 14.3. The fraction of sp³-hybridized carbons (Fsp3) is 0.480. The van der Waals surface area contributed by atoms with Crippen LogP contribution in [-0.2, 0) is 11.2 Å². The second-order valence-electron chi connectivity index (χ2n) is 9.47. The summed E-state index contributed by atoms with van der Waals surface area (Å²) in [5, 5.41) is 0. The molecule has 2 N–H and O–H groups in total. The number of anilines is 1. The molecular weight excluding hydrogens is 374 g/mol. The van der Waals surface area contributed by atoms with E-state index >= 15 is 0 Å². The van der Waals surface area contributed by atoms with Gasteiger partial charge in [-0.15, -0.1) is 0 Å². The third-order valence-electron chi connectivity index (χ3n) is 6.16. The van der Waals surface area contributed by atoms with Gasteiger partial charge in [0.2, 0.25) is 0 Å². The molecule has 1 amide bonds. The van der Waals surface area contributed by atoms with Gasteiger partial charge in [-0.05, 0) is 74.8 Å². The fourth-order valence-corrected chi connectivity index (χ4v) is 4.70. The molecule has 0 aliphatic carbocycles. The van der Waals surface area contributed by atoms with E-state index in [-0.39, 0.29) is 12.3 Å². The second kappa shape index (κ2) is 8.31. The fourth-order valence-electron chi connectivity index (χ4n) is 4.70. The molecule has 5 nitrogen and oxygen atoms in total. The van der Waals surface area contributed by atoms with E-state index in [1.165, 1.54) is 16.7 Å². The van der Waals surface area contributed by atoms with Crippen molar-refractivity contribution in [2.24, 2.45) is 0 Å². The Hall–Kier alpha value is -2.53. The van der Waals surface area contributed by atoms with E-state index in [0.29, 0.717) is 12.5 Å². The van der Waals surface area contributed by atoms with Crippen LogP contribution >= 0.6 is 0 Å². The lowest BCUT2D eigenvalue weighted by molar-refractivity contribution is -0.0226. The zero-order valence-corrected chi connectivity index (χ0v) is 18.3. The Bertz CT molecular complexity index is 880. The van der Waals surface area contributed by atoms with Crippen molar-refractivity contribution in [2.45, 2.75) is 57.7 Å². The summed E-state index contributed by atoms with van der Waals surface area (Å²) in [7, 11) is 0. The van der Waals surface area contributed by atoms with Crippen LogP contribution in [0.1, 0.15) is 62.4 Å². The first-order valence-electron chi connectivity index (χ1n) is 11.0. The van der Waals surface area contributed by atoms with Crippen molar-refractivity contribution < 1.29 is 9.53 Å². The Morgan fingerprint density at radius 1 is 1.00 bits per heavy atom. The molecule has 0 saturated carbocycles. The number of carbonyl (C=O) groups excluding carboxylic acids is 1. The molecule has 0 radical (unpaired) electrons. The molecule has 2 aliphatic rings. The molecule has 1 fully saturated rings. The van der Waals surface area contributed by atoms with Crippen molar-refractivity contribution in [1.29, 1.82) is 0 Å². The summed E-state index contributed by atoms with van der Waals surface area (Å²) >= 11 is 0. The van der Waals surface area contributed by atoms with Gasteiger partial charge in [-0.2, -0.15) is 0 Å². The minimum Gasteiger partial charge on any atom is -0.444 e. The van der Waals surface area contributed by atoms with Crippen LogP contribution in [0, 0.1) is 0 Å². The van der Waals surface area contributed by atoms with Gasteiger partial charge in [-0.25, -0.2) is 4.79 Å². The quantitative estimate of drug-likeness (QED) is 0.717. The Kier molecular flexibility index (Phi) is 5.74. The van der Waals surface area contributed by atoms with Crippen LogP contribution in [0.5, 0.6) is 0 Å². The Labute approximate surface area is 179 Å². The number of hydrogen-bond donors (Lipinski definition) is 1. The lowest BCUT2D eigenvalue weighted by atomic mass is 9.88. The highest BCUT2D eigenvalue weighted by molar-refractivity contribution is 5.69. The minimum atomic E-state index is -0.499. The number of hydrogen-bond acceptors (Lipinski definition) is 4. The first kappa shape index (κ1) is 20.7. The molecule has 0 spiro atoms. The molecule has 2 aliphatic heterocycles. The molecule has 1 unspecified atom stereocenters. The summed E-state index contributed by atoms with van der Waals surface area (Å²) in [6, 6.07) is 16.8. The highest BCUT2D eigenvalue weighted by Crippen LogP contribution is 2.38. The van der Waals surface area contributed by atoms with Gasteiger partial charge in [0.15, 0.2) is 0 Å². The molecular formula is C25H33N3O2. The smallest absolute Gasteiger partial charge is 0.411 e. The Morgan fingerprint density at radius 3 is 2.33 bits per heavy atom. The third-order valence-corrected chi connectivity index (χ3v) is 6.16. The van der Waals surface area contributed by atoms with E-state index in [2.05, 4.69) is 41.3 Å². The number of piperidine rings is 1. The maximum Gasteiger partial charge on any atom is 0.411 e.